The van der Waals surface area contributed by atoms with Crippen molar-refractivity contribution in [1.82, 2.24) is 0 Å². The second kappa shape index (κ2) is 4.54. The topological polar surface area (TPSA) is 76.0 Å². The fourth-order valence-electron chi connectivity index (χ4n) is 1.14. The van der Waals surface area contributed by atoms with Crippen molar-refractivity contribution in [3.8, 4) is 17.2 Å². The molecule has 0 bridgehead atoms. The van der Waals surface area contributed by atoms with Crippen LogP contribution in [0.1, 0.15) is 17.3 Å². The minimum Gasteiger partial charge on any atom is -0.504 e. The van der Waals surface area contributed by atoms with E-state index in [-0.39, 0.29) is 29.4 Å². The summed E-state index contributed by atoms with van der Waals surface area (Å²) >= 11 is 0. The first-order valence-corrected chi connectivity index (χ1v) is 4.37. The molecule has 0 amide bonds. The van der Waals surface area contributed by atoms with E-state index in [1.807, 2.05) is 0 Å². The lowest BCUT2D eigenvalue weighted by Gasteiger charge is -2.08. The van der Waals surface area contributed by atoms with Gasteiger partial charge in [-0.2, -0.15) is 0 Å². The van der Waals surface area contributed by atoms with E-state index in [2.05, 4.69) is 0 Å². The molecule has 1 rings (SSSR count). The van der Waals surface area contributed by atoms with Gasteiger partial charge in [-0.1, -0.05) is 0 Å². The Labute approximate surface area is 86.9 Å². The third kappa shape index (κ3) is 2.31. The fraction of sp³-hybridized carbons (Fsp3) is 0.300. The molecule has 15 heavy (non-hydrogen) atoms. The van der Waals surface area contributed by atoms with Crippen LogP contribution in [0.2, 0.25) is 0 Å². The summed E-state index contributed by atoms with van der Waals surface area (Å²) in [5.41, 5.74) is 0.0765. The van der Waals surface area contributed by atoms with Crippen molar-refractivity contribution in [3.63, 3.8) is 0 Å². The molecule has 0 saturated carbocycles. The van der Waals surface area contributed by atoms with Crippen LogP contribution in [0.25, 0.3) is 0 Å². The molecular formula is C10H12O5. The maximum Gasteiger partial charge on any atom is 0.338 e. The average molecular weight is 212 g/mol. The number of ether oxygens (including phenoxy) is 2. The van der Waals surface area contributed by atoms with E-state index in [1.54, 1.807) is 6.92 Å². The molecule has 0 aromatic heterocycles. The van der Waals surface area contributed by atoms with Gasteiger partial charge in [-0.15, -0.1) is 0 Å². The van der Waals surface area contributed by atoms with Gasteiger partial charge in [0.05, 0.1) is 19.3 Å². The number of hydrogen-bond acceptors (Lipinski definition) is 5. The summed E-state index contributed by atoms with van der Waals surface area (Å²) in [5, 5.41) is 18.8. The van der Waals surface area contributed by atoms with Gasteiger partial charge < -0.3 is 19.7 Å². The summed E-state index contributed by atoms with van der Waals surface area (Å²) in [6.07, 6.45) is 0. The molecule has 0 atom stereocenters. The molecule has 0 aliphatic heterocycles. The number of benzene rings is 1. The van der Waals surface area contributed by atoms with Crippen LogP contribution in [0.4, 0.5) is 0 Å². The van der Waals surface area contributed by atoms with Crippen molar-refractivity contribution in [1.29, 1.82) is 0 Å². The Morgan fingerprint density at radius 3 is 2.27 bits per heavy atom. The lowest BCUT2D eigenvalue weighted by Crippen LogP contribution is -2.04. The predicted molar refractivity (Wildman–Crippen MR) is 52.3 cm³/mol. The van der Waals surface area contributed by atoms with E-state index < -0.39 is 5.97 Å². The zero-order valence-corrected chi connectivity index (χ0v) is 8.48. The van der Waals surface area contributed by atoms with Crippen LogP contribution in [0.3, 0.4) is 0 Å². The molecule has 1 aromatic rings. The zero-order valence-electron chi connectivity index (χ0n) is 8.48. The second-order valence-corrected chi connectivity index (χ2v) is 2.77. The minimum absolute atomic E-state index is 0.0666. The van der Waals surface area contributed by atoms with E-state index in [4.69, 9.17) is 9.47 Å². The van der Waals surface area contributed by atoms with Crippen LogP contribution in [-0.2, 0) is 4.74 Å². The zero-order chi connectivity index (χ0) is 11.4. The van der Waals surface area contributed by atoms with Crippen molar-refractivity contribution in [2.45, 2.75) is 6.92 Å². The molecule has 0 saturated heterocycles. The Bertz CT molecular complexity index is 349. The smallest absolute Gasteiger partial charge is 0.338 e. The third-order valence-corrected chi connectivity index (χ3v) is 1.76. The number of phenols is 2. The highest BCUT2D eigenvalue weighted by molar-refractivity contribution is 5.91. The maximum atomic E-state index is 11.3. The molecule has 5 nitrogen and oxygen atoms in total. The Hall–Kier alpha value is -1.91. The Balaban J connectivity index is 3.08. The highest BCUT2D eigenvalue weighted by Crippen LogP contribution is 2.36. The predicted octanol–water partition coefficient (Wildman–Crippen LogP) is 1.28. The van der Waals surface area contributed by atoms with Crippen molar-refractivity contribution in [3.05, 3.63) is 17.7 Å². The Morgan fingerprint density at radius 1 is 1.33 bits per heavy atom. The van der Waals surface area contributed by atoms with Crippen LogP contribution < -0.4 is 4.74 Å². The molecule has 0 fully saturated rings. The van der Waals surface area contributed by atoms with Gasteiger partial charge in [0.25, 0.3) is 0 Å². The quantitative estimate of drug-likeness (QED) is 0.738. The first kappa shape index (κ1) is 11.2. The molecule has 0 unspecified atom stereocenters. The van der Waals surface area contributed by atoms with E-state index in [0.29, 0.717) is 0 Å². The van der Waals surface area contributed by atoms with Crippen molar-refractivity contribution in [2.24, 2.45) is 0 Å². The highest BCUT2D eigenvalue weighted by Gasteiger charge is 2.14. The molecule has 5 heteroatoms. The summed E-state index contributed by atoms with van der Waals surface area (Å²) in [6, 6.07) is 2.35. The molecule has 0 aliphatic carbocycles. The number of carbonyl (C=O) groups excluding carboxylic acids is 1. The van der Waals surface area contributed by atoms with Crippen LogP contribution in [-0.4, -0.2) is 29.9 Å². The molecular weight excluding hydrogens is 200 g/mol. The molecule has 0 radical (unpaired) electrons. The van der Waals surface area contributed by atoms with Gasteiger partial charge in [-0.3, -0.25) is 0 Å². The largest absolute Gasteiger partial charge is 0.504 e. The lowest BCUT2D eigenvalue weighted by atomic mass is 10.2. The van der Waals surface area contributed by atoms with E-state index in [0.717, 1.165) is 0 Å². The number of phenolic OH excluding ortho intramolecular Hbond substituents is 2. The summed E-state index contributed by atoms with van der Waals surface area (Å²) in [6.45, 7) is 1.90. The Morgan fingerprint density at radius 2 is 1.87 bits per heavy atom. The van der Waals surface area contributed by atoms with Gasteiger partial charge in [-0.05, 0) is 19.1 Å². The van der Waals surface area contributed by atoms with E-state index in [9.17, 15) is 15.0 Å². The normalized spacial score (nSPS) is 9.73. The first-order valence-electron chi connectivity index (χ1n) is 4.37. The van der Waals surface area contributed by atoms with Crippen molar-refractivity contribution >= 4 is 5.97 Å². The van der Waals surface area contributed by atoms with Gasteiger partial charge in [0, 0.05) is 0 Å². The average Bonchev–Trinajstić information content (AvgIpc) is 2.17. The van der Waals surface area contributed by atoms with Crippen LogP contribution in [0, 0.1) is 0 Å². The number of esters is 1. The first-order chi connectivity index (χ1) is 7.10. The Kier molecular flexibility index (Phi) is 3.38. The fourth-order valence-corrected chi connectivity index (χ4v) is 1.14. The van der Waals surface area contributed by atoms with E-state index in [1.165, 1.54) is 19.2 Å². The number of methoxy groups -OCH3 is 1. The summed E-state index contributed by atoms with van der Waals surface area (Å²) in [4.78, 5) is 11.3. The highest BCUT2D eigenvalue weighted by atomic mass is 16.5. The maximum absolute atomic E-state index is 11.3. The van der Waals surface area contributed by atoms with Gasteiger partial charge in [0.15, 0.2) is 11.5 Å². The molecule has 0 spiro atoms. The van der Waals surface area contributed by atoms with Crippen LogP contribution in [0.15, 0.2) is 12.1 Å². The summed E-state index contributed by atoms with van der Waals surface area (Å²) in [5.74, 6) is -1.28. The van der Waals surface area contributed by atoms with Gasteiger partial charge in [-0.25, -0.2) is 4.79 Å². The standard InChI is InChI=1S/C10H12O5/c1-3-15-10(13)6-4-7(11)9(14-2)8(12)5-6/h4-5,11-12H,3H2,1-2H3. The van der Waals surface area contributed by atoms with Gasteiger partial charge in [0.1, 0.15) is 0 Å². The number of rotatable bonds is 3. The molecule has 0 aliphatic rings. The van der Waals surface area contributed by atoms with Gasteiger partial charge in [0.2, 0.25) is 5.75 Å². The third-order valence-electron chi connectivity index (χ3n) is 1.76. The summed E-state index contributed by atoms with van der Waals surface area (Å²) in [7, 11) is 1.30. The van der Waals surface area contributed by atoms with Crippen molar-refractivity contribution < 1.29 is 24.5 Å². The minimum atomic E-state index is -0.606. The van der Waals surface area contributed by atoms with Crippen LogP contribution >= 0.6 is 0 Å². The monoisotopic (exact) mass is 212 g/mol. The SMILES string of the molecule is CCOC(=O)c1cc(O)c(OC)c(O)c1. The van der Waals surface area contributed by atoms with Crippen molar-refractivity contribution in [2.75, 3.05) is 13.7 Å². The molecule has 2 N–H and O–H groups in total. The number of hydrogen-bond donors (Lipinski definition) is 2. The van der Waals surface area contributed by atoms with E-state index >= 15 is 0 Å². The second-order valence-electron chi connectivity index (χ2n) is 2.77. The summed E-state index contributed by atoms with van der Waals surface area (Å²) < 4.78 is 9.43. The molecule has 1 aromatic carbocycles. The number of aromatic hydroxyl groups is 2. The number of carbonyl (C=O) groups is 1. The van der Waals surface area contributed by atoms with Crippen LogP contribution in [0.5, 0.6) is 17.2 Å². The van der Waals surface area contributed by atoms with Gasteiger partial charge >= 0.3 is 5.97 Å². The lowest BCUT2D eigenvalue weighted by molar-refractivity contribution is 0.0525. The molecule has 82 valence electrons. The molecule has 0 heterocycles.